The van der Waals surface area contributed by atoms with Gasteiger partial charge in [0, 0.05) is 12.6 Å². The quantitative estimate of drug-likeness (QED) is 0.928. The van der Waals surface area contributed by atoms with Crippen LogP contribution in [0.2, 0.25) is 5.02 Å². The number of rotatable bonds is 2. The summed E-state index contributed by atoms with van der Waals surface area (Å²) >= 11 is 6.07. The van der Waals surface area contributed by atoms with Crippen LogP contribution in [-0.2, 0) is 13.1 Å². The molecular weight excluding hydrogens is 288 g/mol. The number of aromatic nitrogens is 2. The van der Waals surface area contributed by atoms with Crippen LogP contribution in [0.1, 0.15) is 23.2 Å². The number of amides is 1. The van der Waals surface area contributed by atoms with E-state index in [0.717, 1.165) is 18.9 Å². The molecular formula is C15H17ClN4O. The molecule has 0 bridgehead atoms. The van der Waals surface area contributed by atoms with E-state index in [0.29, 0.717) is 22.4 Å². The van der Waals surface area contributed by atoms with Crippen molar-refractivity contribution in [2.24, 2.45) is 0 Å². The van der Waals surface area contributed by atoms with Crippen molar-refractivity contribution in [2.45, 2.75) is 26.1 Å². The van der Waals surface area contributed by atoms with Crippen LogP contribution in [-0.4, -0.2) is 33.4 Å². The van der Waals surface area contributed by atoms with E-state index in [2.05, 4.69) is 29.2 Å². The Bertz CT molecular complexity index is 682. The Morgan fingerprint density at radius 3 is 2.95 bits per heavy atom. The molecule has 0 spiro atoms. The molecule has 5 nitrogen and oxygen atoms in total. The van der Waals surface area contributed by atoms with Gasteiger partial charge < -0.3 is 9.88 Å². The maximum atomic E-state index is 12.4. The zero-order chi connectivity index (χ0) is 15.0. The molecule has 0 aliphatic carbocycles. The molecule has 6 heteroatoms. The van der Waals surface area contributed by atoms with E-state index in [1.165, 1.54) is 0 Å². The highest BCUT2D eigenvalue weighted by atomic mass is 35.5. The van der Waals surface area contributed by atoms with Gasteiger partial charge in [0.1, 0.15) is 11.5 Å². The molecule has 2 aromatic rings. The van der Waals surface area contributed by atoms with Crippen LogP contribution in [0.15, 0.2) is 30.5 Å². The number of nitrogens with one attached hydrogen (secondary N) is 1. The molecule has 1 amide bonds. The van der Waals surface area contributed by atoms with E-state index in [-0.39, 0.29) is 5.91 Å². The van der Waals surface area contributed by atoms with Gasteiger partial charge in [-0.3, -0.25) is 9.69 Å². The average molecular weight is 305 g/mol. The number of nitrogens with zero attached hydrogens (tertiary/aromatic N) is 3. The second-order valence-electron chi connectivity index (χ2n) is 5.37. The third kappa shape index (κ3) is 2.66. The van der Waals surface area contributed by atoms with E-state index in [1.54, 1.807) is 18.3 Å². The lowest BCUT2D eigenvalue weighted by Gasteiger charge is -2.31. The standard InChI is InChI=1S/C15H17ClN4O/c1-10-8-20-13(7-17-14(20)9-19(10)2)15(21)18-12-6-4-3-5-11(12)16/h3-7,10H,8-9H2,1-2H3,(H,18,21). The van der Waals surface area contributed by atoms with Gasteiger partial charge in [-0.25, -0.2) is 4.98 Å². The molecule has 1 aromatic carbocycles. The first-order valence-electron chi connectivity index (χ1n) is 6.87. The van der Waals surface area contributed by atoms with Crippen LogP contribution < -0.4 is 5.32 Å². The number of anilines is 1. The lowest BCUT2D eigenvalue weighted by Crippen LogP contribution is -2.39. The van der Waals surface area contributed by atoms with Crippen LogP contribution in [0.3, 0.4) is 0 Å². The van der Waals surface area contributed by atoms with Crippen molar-refractivity contribution in [3.63, 3.8) is 0 Å². The molecule has 110 valence electrons. The summed E-state index contributed by atoms with van der Waals surface area (Å²) in [6.45, 7) is 3.65. The molecule has 0 saturated heterocycles. The highest BCUT2D eigenvalue weighted by molar-refractivity contribution is 6.33. The SMILES string of the molecule is CC1Cn2c(C(=O)Nc3ccccc3Cl)cnc2CN1C. The van der Waals surface area contributed by atoms with Gasteiger partial charge in [-0.2, -0.15) is 0 Å². The number of fused-ring (bicyclic) bond motifs is 1. The minimum Gasteiger partial charge on any atom is -0.321 e. The molecule has 1 aliphatic heterocycles. The highest BCUT2D eigenvalue weighted by Gasteiger charge is 2.25. The Morgan fingerprint density at radius 1 is 1.43 bits per heavy atom. The fraction of sp³-hybridized carbons (Fsp3) is 0.333. The Kier molecular flexibility index (Phi) is 3.69. The third-order valence-electron chi connectivity index (χ3n) is 3.88. The third-order valence-corrected chi connectivity index (χ3v) is 4.21. The number of carbonyl (C=O) groups is 1. The summed E-state index contributed by atoms with van der Waals surface area (Å²) in [6, 6.07) is 7.57. The Balaban J connectivity index is 1.85. The van der Waals surface area contributed by atoms with Gasteiger partial charge in [-0.05, 0) is 26.1 Å². The molecule has 21 heavy (non-hydrogen) atoms. The van der Waals surface area contributed by atoms with E-state index >= 15 is 0 Å². The Labute approximate surface area is 128 Å². The molecule has 1 unspecified atom stereocenters. The molecule has 0 radical (unpaired) electrons. The van der Waals surface area contributed by atoms with E-state index in [9.17, 15) is 4.79 Å². The Hall–Kier alpha value is -1.85. The largest absolute Gasteiger partial charge is 0.321 e. The normalized spacial score (nSPS) is 18.3. The molecule has 1 atom stereocenters. The summed E-state index contributed by atoms with van der Waals surface area (Å²) in [5.74, 6) is 0.735. The van der Waals surface area contributed by atoms with E-state index in [4.69, 9.17) is 11.6 Å². The lowest BCUT2D eigenvalue weighted by atomic mass is 10.2. The second kappa shape index (κ2) is 5.50. The van der Waals surface area contributed by atoms with Crippen molar-refractivity contribution >= 4 is 23.2 Å². The second-order valence-corrected chi connectivity index (χ2v) is 5.78. The van der Waals surface area contributed by atoms with Gasteiger partial charge >= 0.3 is 0 Å². The van der Waals surface area contributed by atoms with Crippen LogP contribution in [0.5, 0.6) is 0 Å². The summed E-state index contributed by atoms with van der Waals surface area (Å²) < 4.78 is 1.98. The zero-order valence-corrected chi connectivity index (χ0v) is 12.8. The predicted molar refractivity (Wildman–Crippen MR) is 82.6 cm³/mol. The highest BCUT2D eigenvalue weighted by Crippen LogP contribution is 2.22. The Morgan fingerprint density at radius 2 is 2.19 bits per heavy atom. The predicted octanol–water partition coefficient (Wildman–Crippen LogP) is 2.62. The number of likely N-dealkylation sites (N-methyl/N-ethyl adjacent to an activating group) is 1. The molecule has 1 aliphatic rings. The van der Waals surface area contributed by atoms with Crippen molar-refractivity contribution in [3.05, 3.63) is 47.0 Å². The number of hydrogen-bond donors (Lipinski definition) is 1. The summed E-state index contributed by atoms with van der Waals surface area (Å²) in [4.78, 5) is 19.0. The van der Waals surface area contributed by atoms with E-state index in [1.807, 2.05) is 16.7 Å². The number of halogens is 1. The molecule has 1 aromatic heterocycles. The fourth-order valence-corrected chi connectivity index (χ4v) is 2.64. The van der Waals surface area contributed by atoms with Crippen molar-refractivity contribution in [3.8, 4) is 0 Å². The summed E-state index contributed by atoms with van der Waals surface area (Å²) in [7, 11) is 2.06. The number of hydrogen-bond acceptors (Lipinski definition) is 3. The van der Waals surface area contributed by atoms with Crippen LogP contribution in [0.4, 0.5) is 5.69 Å². The topological polar surface area (TPSA) is 50.2 Å². The molecule has 0 saturated carbocycles. The van der Waals surface area contributed by atoms with Crippen LogP contribution in [0.25, 0.3) is 0 Å². The van der Waals surface area contributed by atoms with Gasteiger partial charge in [0.05, 0.1) is 23.5 Å². The minimum atomic E-state index is -0.182. The fourth-order valence-electron chi connectivity index (χ4n) is 2.46. The summed E-state index contributed by atoms with van der Waals surface area (Å²) in [5.41, 5.74) is 1.19. The lowest BCUT2D eigenvalue weighted by molar-refractivity contribution is 0.101. The maximum absolute atomic E-state index is 12.4. The minimum absolute atomic E-state index is 0.182. The number of imidazole rings is 1. The number of carbonyl (C=O) groups excluding carboxylic acids is 1. The molecule has 1 N–H and O–H groups in total. The zero-order valence-electron chi connectivity index (χ0n) is 12.0. The van der Waals surface area contributed by atoms with Gasteiger partial charge in [0.15, 0.2) is 0 Å². The van der Waals surface area contributed by atoms with Gasteiger partial charge in [0.25, 0.3) is 5.91 Å². The number of benzene rings is 1. The molecule has 2 heterocycles. The monoisotopic (exact) mass is 304 g/mol. The summed E-state index contributed by atoms with van der Waals surface area (Å²) in [5, 5.41) is 3.37. The van der Waals surface area contributed by atoms with Gasteiger partial charge in [-0.15, -0.1) is 0 Å². The summed E-state index contributed by atoms with van der Waals surface area (Å²) in [6.07, 6.45) is 1.63. The molecule has 3 rings (SSSR count). The van der Waals surface area contributed by atoms with Crippen LogP contribution >= 0.6 is 11.6 Å². The maximum Gasteiger partial charge on any atom is 0.273 e. The first-order valence-corrected chi connectivity index (χ1v) is 7.24. The van der Waals surface area contributed by atoms with Gasteiger partial charge in [0.2, 0.25) is 0 Å². The first kappa shape index (κ1) is 14.1. The van der Waals surface area contributed by atoms with E-state index < -0.39 is 0 Å². The van der Waals surface area contributed by atoms with Crippen molar-refractivity contribution in [1.82, 2.24) is 14.5 Å². The van der Waals surface area contributed by atoms with Gasteiger partial charge in [-0.1, -0.05) is 23.7 Å². The molecule has 0 fully saturated rings. The van der Waals surface area contributed by atoms with Crippen molar-refractivity contribution < 1.29 is 4.79 Å². The average Bonchev–Trinajstić information content (AvgIpc) is 2.85. The smallest absolute Gasteiger partial charge is 0.273 e. The number of para-hydroxylation sites is 1. The van der Waals surface area contributed by atoms with Crippen molar-refractivity contribution in [2.75, 3.05) is 12.4 Å². The van der Waals surface area contributed by atoms with Crippen molar-refractivity contribution in [1.29, 1.82) is 0 Å². The van der Waals surface area contributed by atoms with Crippen LogP contribution in [0, 0.1) is 0 Å². The first-order chi connectivity index (χ1) is 10.1.